The van der Waals surface area contributed by atoms with Crippen LogP contribution in [0, 0.1) is 5.92 Å². The van der Waals surface area contributed by atoms with E-state index >= 15 is 0 Å². The highest BCUT2D eigenvalue weighted by Crippen LogP contribution is 2.35. The second-order valence-electron chi connectivity index (χ2n) is 7.32. The van der Waals surface area contributed by atoms with Crippen molar-refractivity contribution in [3.8, 4) is 0 Å². The maximum absolute atomic E-state index is 13.1. The van der Waals surface area contributed by atoms with E-state index in [4.69, 9.17) is 5.73 Å². The van der Waals surface area contributed by atoms with Gasteiger partial charge in [0.25, 0.3) is 0 Å². The van der Waals surface area contributed by atoms with E-state index in [2.05, 4.69) is 0 Å². The summed E-state index contributed by atoms with van der Waals surface area (Å²) < 4.78 is 0. The van der Waals surface area contributed by atoms with E-state index in [-0.39, 0.29) is 30.1 Å². The van der Waals surface area contributed by atoms with Gasteiger partial charge in [0.1, 0.15) is 0 Å². The first-order chi connectivity index (χ1) is 11.6. The molecule has 25 heavy (non-hydrogen) atoms. The molecule has 2 amide bonds. The zero-order valence-electron chi connectivity index (χ0n) is 14.4. The quantitative estimate of drug-likeness (QED) is 0.821. The van der Waals surface area contributed by atoms with Gasteiger partial charge < -0.3 is 15.5 Å². The lowest BCUT2D eigenvalue weighted by molar-refractivity contribution is -0.130. The molecule has 1 saturated heterocycles. The SMILES string of the molecule is Cl.Nc1cccc2c1CCCN2C(=O)C1CC(=O)N(C2CCCC2)C1. The average molecular weight is 364 g/mol. The van der Waals surface area contributed by atoms with Gasteiger partial charge in [-0.3, -0.25) is 9.59 Å². The molecule has 1 aliphatic carbocycles. The summed E-state index contributed by atoms with van der Waals surface area (Å²) in [4.78, 5) is 29.3. The lowest BCUT2D eigenvalue weighted by atomic mass is 9.97. The molecule has 4 rings (SSSR count). The molecule has 0 aromatic heterocycles. The Kier molecular flexibility index (Phi) is 5.23. The molecule has 3 aliphatic rings. The lowest BCUT2D eigenvalue weighted by Gasteiger charge is -2.32. The molecule has 136 valence electrons. The predicted molar refractivity (Wildman–Crippen MR) is 101 cm³/mol. The van der Waals surface area contributed by atoms with Crippen LogP contribution in [0.15, 0.2) is 18.2 Å². The van der Waals surface area contributed by atoms with Crippen LogP contribution in [0.2, 0.25) is 0 Å². The second kappa shape index (κ2) is 7.24. The maximum atomic E-state index is 13.1. The lowest BCUT2D eigenvalue weighted by Crippen LogP contribution is -2.41. The number of nitrogens with two attached hydrogens (primary N) is 1. The van der Waals surface area contributed by atoms with Gasteiger partial charge in [-0.2, -0.15) is 0 Å². The number of fused-ring (bicyclic) bond motifs is 1. The van der Waals surface area contributed by atoms with Crippen molar-refractivity contribution in [1.82, 2.24) is 4.90 Å². The van der Waals surface area contributed by atoms with Gasteiger partial charge in [0.05, 0.1) is 5.92 Å². The molecule has 2 fully saturated rings. The van der Waals surface area contributed by atoms with E-state index in [0.717, 1.165) is 49.2 Å². The molecule has 2 aliphatic heterocycles. The van der Waals surface area contributed by atoms with Crippen LogP contribution in [-0.4, -0.2) is 35.8 Å². The number of nitrogen functional groups attached to an aromatic ring is 1. The van der Waals surface area contributed by atoms with Crippen molar-refractivity contribution < 1.29 is 9.59 Å². The van der Waals surface area contributed by atoms with Crippen LogP contribution < -0.4 is 10.6 Å². The van der Waals surface area contributed by atoms with E-state index in [1.54, 1.807) is 0 Å². The fraction of sp³-hybridized carbons (Fsp3) is 0.579. The number of amides is 2. The molecule has 1 saturated carbocycles. The molecule has 2 N–H and O–H groups in total. The molecule has 2 heterocycles. The summed E-state index contributed by atoms with van der Waals surface area (Å²) in [7, 11) is 0. The average Bonchev–Trinajstić information content (AvgIpc) is 3.23. The number of carbonyl (C=O) groups excluding carboxylic acids is 2. The molecule has 1 atom stereocenters. The van der Waals surface area contributed by atoms with Crippen LogP contribution in [0.5, 0.6) is 0 Å². The number of likely N-dealkylation sites (tertiary alicyclic amines) is 1. The Hall–Kier alpha value is -1.75. The van der Waals surface area contributed by atoms with Gasteiger partial charge in [-0.15, -0.1) is 12.4 Å². The predicted octanol–water partition coefficient (Wildman–Crippen LogP) is 2.76. The standard InChI is InChI=1S/C19H25N3O2.ClH/c20-16-8-3-9-17-15(16)7-4-10-21(17)19(24)13-11-18(23)22(12-13)14-5-1-2-6-14;/h3,8-9,13-14H,1-2,4-7,10-12,20H2;1H. The van der Waals surface area contributed by atoms with Crippen LogP contribution >= 0.6 is 12.4 Å². The minimum atomic E-state index is -0.203. The molecular formula is C19H26ClN3O2. The Labute approximate surface area is 154 Å². The van der Waals surface area contributed by atoms with Gasteiger partial charge >= 0.3 is 0 Å². The third-order valence-corrected chi connectivity index (χ3v) is 5.83. The number of carbonyl (C=O) groups is 2. The smallest absolute Gasteiger partial charge is 0.232 e. The molecule has 5 nitrogen and oxygen atoms in total. The van der Waals surface area contributed by atoms with Crippen LogP contribution in [-0.2, 0) is 16.0 Å². The number of anilines is 2. The number of hydrogen-bond donors (Lipinski definition) is 1. The van der Waals surface area contributed by atoms with Crippen molar-refractivity contribution in [3.63, 3.8) is 0 Å². The summed E-state index contributed by atoms with van der Waals surface area (Å²) in [6.07, 6.45) is 6.80. The Morgan fingerprint density at radius 1 is 1.16 bits per heavy atom. The summed E-state index contributed by atoms with van der Waals surface area (Å²) in [5, 5.41) is 0. The highest BCUT2D eigenvalue weighted by atomic mass is 35.5. The van der Waals surface area contributed by atoms with Gasteiger partial charge in [-0.05, 0) is 43.4 Å². The van der Waals surface area contributed by atoms with E-state index in [9.17, 15) is 9.59 Å². The fourth-order valence-electron chi connectivity index (χ4n) is 4.57. The van der Waals surface area contributed by atoms with Gasteiger partial charge in [-0.1, -0.05) is 18.9 Å². The highest BCUT2D eigenvalue weighted by molar-refractivity contribution is 6.00. The van der Waals surface area contributed by atoms with E-state index < -0.39 is 0 Å². The number of halogens is 1. The monoisotopic (exact) mass is 363 g/mol. The van der Waals surface area contributed by atoms with Crippen LogP contribution in [0.3, 0.4) is 0 Å². The summed E-state index contributed by atoms with van der Waals surface area (Å²) >= 11 is 0. The molecule has 1 aromatic carbocycles. The zero-order valence-corrected chi connectivity index (χ0v) is 15.3. The van der Waals surface area contributed by atoms with Crippen molar-refractivity contribution in [2.75, 3.05) is 23.7 Å². The van der Waals surface area contributed by atoms with Gasteiger partial charge in [0, 0.05) is 36.9 Å². The summed E-state index contributed by atoms with van der Waals surface area (Å²) in [5.74, 6) is 0.0472. The summed E-state index contributed by atoms with van der Waals surface area (Å²) in [5.41, 5.74) is 8.87. The van der Waals surface area contributed by atoms with E-state index in [1.807, 2.05) is 28.0 Å². The van der Waals surface area contributed by atoms with Gasteiger partial charge in [0.2, 0.25) is 11.8 Å². The van der Waals surface area contributed by atoms with Crippen molar-refractivity contribution in [2.24, 2.45) is 5.92 Å². The van der Waals surface area contributed by atoms with Gasteiger partial charge in [-0.25, -0.2) is 0 Å². The first kappa shape index (κ1) is 18.1. The van der Waals surface area contributed by atoms with Crippen LogP contribution in [0.1, 0.15) is 44.1 Å². The van der Waals surface area contributed by atoms with Crippen molar-refractivity contribution >= 4 is 35.6 Å². The van der Waals surface area contributed by atoms with Crippen molar-refractivity contribution in [3.05, 3.63) is 23.8 Å². The van der Waals surface area contributed by atoms with Crippen molar-refractivity contribution in [2.45, 2.75) is 51.0 Å². The Morgan fingerprint density at radius 2 is 1.92 bits per heavy atom. The van der Waals surface area contributed by atoms with E-state index in [0.29, 0.717) is 19.0 Å². The third kappa shape index (κ3) is 3.22. The molecular weight excluding hydrogens is 338 g/mol. The first-order valence-corrected chi connectivity index (χ1v) is 9.13. The molecule has 1 unspecified atom stereocenters. The zero-order chi connectivity index (χ0) is 16.7. The third-order valence-electron chi connectivity index (χ3n) is 5.83. The number of benzene rings is 1. The molecule has 1 aromatic rings. The largest absolute Gasteiger partial charge is 0.398 e. The number of hydrogen-bond acceptors (Lipinski definition) is 3. The molecule has 0 bridgehead atoms. The fourth-order valence-corrected chi connectivity index (χ4v) is 4.57. The van der Waals surface area contributed by atoms with Crippen LogP contribution in [0.4, 0.5) is 11.4 Å². The Bertz CT molecular complexity index is 673. The normalized spacial score (nSPS) is 23.5. The second-order valence-corrected chi connectivity index (χ2v) is 7.32. The maximum Gasteiger partial charge on any atom is 0.232 e. The van der Waals surface area contributed by atoms with Crippen LogP contribution in [0.25, 0.3) is 0 Å². The Balaban J connectivity index is 0.00000182. The number of rotatable bonds is 2. The first-order valence-electron chi connectivity index (χ1n) is 9.13. The molecule has 6 heteroatoms. The minimum Gasteiger partial charge on any atom is -0.398 e. The van der Waals surface area contributed by atoms with E-state index in [1.165, 1.54) is 12.8 Å². The highest BCUT2D eigenvalue weighted by Gasteiger charge is 2.41. The van der Waals surface area contributed by atoms with Crippen molar-refractivity contribution in [1.29, 1.82) is 0 Å². The topological polar surface area (TPSA) is 66.6 Å². The Morgan fingerprint density at radius 3 is 2.68 bits per heavy atom. The van der Waals surface area contributed by atoms with Gasteiger partial charge in [0.15, 0.2) is 0 Å². The summed E-state index contributed by atoms with van der Waals surface area (Å²) in [6.45, 7) is 1.32. The molecule has 0 radical (unpaired) electrons. The minimum absolute atomic E-state index is 0. The molecule has 0 spiro atoms. The number of nitrogens with zero attached hydrogens (tertiary/aromatic N) is 2. The summed E-state index contributed by atoms with van der Waals surface area (Å²) in [6, 6.07) is 6.14.